The lowest BCUT2D eigenvalue weighted by atomic mass is 10.5. The van der Waals surface area contributed by atoms with Gasteiger partial charge in [-0.25, -0.2) is 0 Å². The molecular formula is C9H20O. The molecule has 0 fully saturated rings. The summed E-state index contributed by atoms with van der Waals surface area (Å²) >= 11 is 0. The first-order chi connectivity index (χ1) is 4.81. The molecule has 0 aromatic rings. The molecule has 0 unspecified atom stereocenters. The molecule has 62 valence electrons. The Morgan fingerprint density at radius 3 is 2.20 bits per heavy atom. The number of ether oxygens (including phenoxy) is 1. The van der Waals surface area contributed by atoms with Gasteiger partial charge >= 0.3 is 0 Å². The first kappa shape index (κ1) is 12.2. The molecule has 10 heavy (non-hydrogen) atoms. The maximum atomic E-state index is 5.20. The third kappa shape index (κ3) is 10.5. The van der Waals surface area contributed by atoms with Gasteiger partial charge in [0.25, 0.3) is 0 Å². The number of allylic oxidation sites excluding steroid dienone is 2. The van der Waals surface area contributed by atoms with Crippen molar-refractivity contribution in [2.75, 3.05) is 6.61 Å². The molecule has 0 saturated heterocycles. The fourth-order valence-electron chi connectivity index (χ4n) is 0.346. The minimum absolute atomic E-state index is 0.843. The van der Waals surface area contributed by atoms with Gasteiger partial charge in [0.15, 0.2) is 0 Å². The number of hydrogen-bond acceptors (Lipinski definition) is 1. The van der Waals surface area contributed by atoms with Gasteiger partial charge in [-0.15, -0.1) is 0 Å². The molecule has 0 spiro atoms. The Morgan fingerprint density at radius 1 is 1.40 bits per heavy atom. The van der Waals surface area contributed by atoms with Crippen LogP contribution in [-0.4, -0.2) is 6.61 Å². The maximum Gasteiger partial charge on any atom is 0.0886 e. The fourth-order valence-corrected chi connectivity index (χ4v) is 0.346. The molecule has 0 aliphatic carbocycles. The minimum atomic E-state index is 0.843. The molecule has 0 atom stereocenters. The average Bonchev–Trinajstić information content (AvgIpc) is 2.04. The van der Waals surface area contributed by atoms with E-state index in [0.29, 0.717) is 0 Å². The molecule has 0 saturated carbocycles. The third-order valence-corrected chi connectivity index (χ3v) is 0.940. The highest BCUT2D eigenvalue weighted by Gasteiger charge is 1.81. The van der Waals surface area contributed by atoms with E-state index in [1.165, 1.54) is 0 Å². The van der Waals surface area contributed by atoms with Gasteiger partial charge in [0.1, 0.15) is 0 Å². The standard InChI is InChI=1S/C7H14O.C2H6/c1-4-6-8-7(3)5-2;1-2/h5H,4,6H2,1-3H3;1-2H3/b7-5+;. The third-order valence-electron chi connectivity index (χ3n) is 0.940. The molecule has 1 nitrogen and oxygen atoms in total. The molecular weight excluding hydrogens is 124 g/mol. The van der Waals surface area contributed by atoms with E-state index in [1.807, 2.05) is 33.8 Å². The van der Waals surface area contributed by atoms with Crippen molar-refractivity contribution < 1.29 is 4.74 Å². The van der Waals surface area contributed by atoms with Crippen LogP contribution in [0.4, 0.5) is 0 Å². The van der Waals surface area contributed by atoms with E-state index in [2.05, 4.69) is 6.92 Å². The van der Waals surface area contributed by atoms with Crippen LogP contribution < -0.4 is 0 Å². The largest absolute Gasteiger partial charge is 0.499 e. The molecule has 0 amide bonds. The van der Waals surface area contributed by atoms with Crippen LogP contribution in [0.1, 0.15) is 41.0 Å². The molecule has 0 N–H and O–H groups in total. The second kappa shape index (κ2) is 11.4. The highest BCUT2D eigenvalue weighted by molar-refractivity contribution is 4.83. The summed E-state index contributed by atoms with van der Waals surface area (Å²) in [6, 6.07) is 0. The van der Waals surface area contributed by atoms with Crippen molar-refractivity contribution in [3.8, 4) is 0 Å². The van der Waals surface area contributed by atoms with Gasteiger partial charge in [-0.05, 0) is 20.3 Å². The van der Waals surface area contributed by atoms with Crippen molar-refractivity contribution in [2.24, 2.45) is 0 Å². The zero-order valence-electron chi connectivity index (χ0n) is 7.90. The Labute approximate surface area is 65.1 Å². The van der Waals surface area contributed by atoms with Gasteiger partial charge in [0.05, 0.1) is 12.4 Å². The Kier molecular flexibility index (Phi) is 13.9. The van der Waals surface area contributed by atoms with E-state index in [0.717, 1.165) is 18.8 Å². The first-order valence-corrected chi connectivity index (χ1v) is 4.07. The topological polar surface area (TPSA) is 9.23 Å². The van der Waals surface area contributed by atoms with Crippen molar-refractivity contribution in [3.05, 3.63) is 11.8 Å². The molecule has 0 heterocycles. The Morgan fingerprint density at radius 2 is 1.90 bits per heavy atom. The Balaban J connectivity index is 0. The SMILES string of the molecule is C/C=C(\C)OCCC.CC. The van der Waals surface area contributed by atoms with Crippen LogP contribution in [-0.2, 0) is 4.74 Å². The van der Waals surface area contributed by atoms with Crippen molar-refractivity contribution in [3.63, 3.8) is 0 Å². The summed E-state index contributed by atoms with van der Waals surface area (Å²) in [5, 5.41) is 0. The molecule has 0 aliphatic rings. The Bertz CT molecular complexity index is 74.8. The van der Waals surface area contributed by atoms with Crippen LogP contribution in [0.5, 0.6) is 0 Å². The predicted octanol–water partition coefficient (Wildman–Crippen LogP) is 3.36. The summed E-state index contributed by atoms with van der Waals surface area (Å²) in [7, 11) is 0. The van der Waals surface area contributed by atoms with Crippen molar-refractivity contribution in [1.82, 2.24) is 0 Å². The van der Waals surface area contributed by atoms with E-state index in [-0.39, 0.29) is 0 Å². The van der Waals surface area contributed by atoms with Crippen molar-refractivity contribution in [2.45, 2.75) is 41.0 Å². The summed E-state index contributed by atoms with van der Waals surface area (Å²) < 4.78 is 5.20. The summed E-state index contributed by atoms with van der Waals surface area (Å²) in [6.07, 6.45) is 3.06. The monoisotopic (exact) mass is 144 g/mol. The lowest BCUT2D eigenvalue weighted by Crippen LogP contribution is -1.88. The Hall–Kier alpha value is -0.460. The number of hydrogen-bond donors (Lipinski definition) is 0. The zero-order valence-corrected chi connectivity index (χ0v) is 7.90. The number of rotatable bonds is 3. The molecule has 1 heteroatoms. The van der Waals surface area contributed by atoms with Crippen LogP contribution in [0.2, 0.25) is 0 Å². The highest BCUT2D eigenvalue weighted by Crippen LogP contribution is 1.94. The van der Waals surface area contributed by atoms with E-state index in [4.69, 9.17) is 4.74 Å². The molecule has 0 radical (unpaired) electrons. The average molecular weight is 144 g/mol. The highest BCUT2D eigenvalue weighted by atomic mass is 16.5. The molecule has 0 aromatic carbocycles. The van der Waals surface area contributed by atoms with E-state index in [1.54, 1.807) is 0 Å². The van der Waals surface area contributed by atoms with E-state index < -0.39 is 0 Å². The maximum absolute atomic E-state index is 5.20. The normalized spacial score (nSPS) is 9.90. The van der Waals surface area contributed by atoms with Gasteiger partial charge in [-0.3, -0.25) is 0 Å². The van der Waals surface area contributed by atoms with Crippen LogP contribution in [0.25, 0.3) is 0 Å². The molecule has 0 rings (SSSR count). The van der Waals surface area contributed by atoms with Crippen LogP contribution in [0, 0.1) is 0 Å². The zero-order chi connectivity index (χ0) is 8.41. The second-order valence-electron chi connectivity index (χ2n) is 1.75. The van der Waals surface area contributed by atoms with Crippen LogP contribution in [0.3, 0.4) is 0 Å². The second-order valence-corrected chi connectivity index (χ2v) is 1.75. The quantitative estimate of drug-likeness (QED) is 0.552. The van der Waals surface area contributed by atoms with Gasteiger partial charge in [-0.2, -0.15) is 0 Å². The predicted molar refractivity (Wildman–Crippen MR) is 47.0 cm³/mol. The summed E-state index contributed by atoms with van der Waals surface area (Å²) in [5.74, 6) is 1.02. The lowest BCUT2D eigenvalue weighted by molar-refractivity contribution is 0.214. The first-order valence-electron chi connectivity index (χ1n) is 4.07. The summed E-state index contributed by atoms with van der Waals surface area (Å²) in [4.78, 5) is 0. The molecule has 0 aromatic heterocycles. The summed E-state index contributed by atoms with van der Waals surface area (Å²) in [6.45, 7) is 10.9. The van der Waals surface area contributed by atoms with E-state index >= 15 is 0 Å². The molecule has 0 aliphatic heterocycles. The van der Waals surface area contributed by atoms with Gasteiger partial charge in [-0.1, -0.05) is 26.8 Å². The van der Waals surface area contributed by atoms with Crippen LogP contribution in [0.15, 0.2) is 11.8 Å². The fraction of sp³-hybridized carbons (Fsp3) is 0.778. The van der Waals surface area contributed by atoms with Crippen molar-refractivity contribution >= 4 is 0 Å². The minimum Gasteiger partial charge on any atom is -0.499 e. The van der Waals surface area contributed by atoms with Gasteiger partial charge in [0.2, 0.25) is 0 Å². The summed E-state index contributed by atoms with van der Waals surface area (Å²) in [5.41, 5.74) is 0. The van der Waals surface area contributed by atoms with Gasteiger partial charge < -0.3 is 4.74 Å². The van der Waals surface area contributed by atoms with Gasteiger partial charge in [0, 0.05) is 0 Å². The molecule has 0 bridgehead atoms. The van der Waals surface area contributed by atoms with E-state index in [9.17, 15) is 0 Å². The van der Waals surface area contributed by atoms with Crippen LogP contribution >= 0.6 is 0 Å². The lowest BCUT2D eigenvalue weighted by Gasteiger charge is -2.01. The van der Waals surface area contributed by atoms with Crippen molar-refractivity contribution in [1.29, 1.82) is 0 Å². The smallest absolute Gasteiger partial charge is 0.0886 e.